The summed E-state index contributed by atoms with van der Waals surface area (Å²) in [5.74, 6) is -0.156. The number of benzene rings is 2. The number of Topliss-reactive ketones (excluding diaryl/α,β-unsaturated/α-hetero) is 1. The van der Waals surface area contributed by atoms with Crippen molar-refractivity contribution in [2.24, 2.45) is 0 Å². The molecule has 0 heterocycles. The van der Waals surface area contributed by atoms with Crippen molar-refractivity contribution in [3.63, 3.8) is 0 Å². The van der Waals surface area contributed by atoms with Crippen LogP contribution in [0.25, 0.3) is 0 Å². The average Bonchev–Trinajstić information content (AvgIpc) is 2.38. The molecule has 0 N–H and O–H groups in total. The zero-order valence-corrected chi connectivity index (χ0v) is 12.6. The third-order valence-corrected chi connectivity index (χ3v) is 4.03. The quantitative estimate of drug-likeness (QED) is 0.656. The summed E-state index contributed by atoms with van der Waals surface area (Å²) in [6, 6.07) is 9.94. The highest BCUT2D eigenvalue weighted by Crippen LogP contribution is 2.28. The standard InChI is InChI=1S/C14H8Cl4O/c15-9-4-5-11(16)10(7-9)13(19)6-8-2-1-3-12(17)14(8)18/h1-5,7H,6H2. The summed E-state index contributed by atoms with van der Waals surface area (Å²) in [6.45, 7) is 0. The van der Waals surface area contributed by atoms with E-state index < -0.39 is 0 Å². The number of rotatable bonds is 3. The summed E-state index contributed by atoms with van der Waals surface area (Å²) in [7, 11) is 0. The zero-order chi connectivity index (χ0) is 14.0. The highest BCUT2D eigenvalue weighted by Gasteiger charge is 2.14. The first-order chi connectivity index (χ1) is 8.99. The van der Waals surface area contributed by atoms with Crippen molar-refractivity contribution in [2.75, 3.05) is 0 Å². The van der Waals surface area contributed by atoms with Gasteiger partial charge in [-0.05, 0) is 29.8 Å². The van der Waals surface area contributed by atoms with Crippen LogP contribution >= 0.6 is 46.4 Å². The lowest BCUT2D eigenvalue weighted by molar-refractivity contribution is 0.0993. The van der Waals surface area contributed by atoms with Crippen LogP contribution in [0.4, 0.5) is 0 Å². The summed E-state index contributed by atoms with van der Waals surface area (Å²) in [6.07, 6.45) is 0.124. The molecule has 2 rings (SSSR count). The van der Waals surface area contributed by atoms with Gasteiger partial charge < -0.3 is 0 Å². The Bertz CT molecular complexity index is 637. The Hall–Kier alpha value is -0.730. The van der Waals surface area contributed by atoms with E-state index in [0.717, 1.165) is 0 Å². The molecule has 0 fully saturated rings. The molecular weight excluding hydrogens is 326 g/mol. The van der Waals surface area contributed by atoms with E-state index in [9.17, 15) is 4.79 Å². The van der Waals surface area contributed by atoms with E-state index in [2.05, 4.69) is 0 Å². The average molecular weight is 334 g/mol. The van der Waals surface area contributed by atoms with Gasteiger partial charge >= 0.3 is 0 Å². The first-order valence-electron chi connectivity index (χ1n) is 5.40. The molecule has 0 unspecified atom stereocenters. The molecule has 0 amide bonds. The summed E-state index contributed by atoms with van der Waals surface area (Å²) in [4.78, 5) is 12.2. The second-order valence-electron chi connectivity index (χ2n) is 3.94. The van der Waals surface area contributed by atoms with Crippen LogP contribution in [0.1, 0.15) is 15.9 Å². The van der Waals surface area contributed by atoms with Gasteiger partial charge in [0, 0.05) is 17.0 Å². The van der Waals surface area contributed by atoms with Gasteiger partial charge in [-0.1, -0.05) is 58.5 Å². The second kappa shape index (κ2) is 6.15. The number of ketones is 1. The Kier molecular flexibility index (Phi) is 4.75. The Labute approximate surface area is 131 Å². The molecule has 0 aliphatic heterocycles. The van der Waals surface area contributed by atoms with Crippen molar-refractivity contribution in [1.82, 2.24) is 0 Å². The minimum absolute atomic E-state index is 0.124. The molecular formula is C14H8Cl4O. The van der Waals surface area contributed by atoms with Crippen molar-refractivity contribution < 1.29 is 4.79 Å². The zero-order valence-electron chi connectivity index (χ0n) is 9.59. The molecule has 98 valence electrons. The molecule has 2 aromatic rings. The number of carbonyl (C=O) groups is 1. The third-order valence-electron chi connectivity index (χ3n) is 2.61. The van der Waals surface area contributed by atoms with Crippen LogP contribution in [-0.2, 0) is 6.42 Å². The summed E-state index contributed by atoms with van der Waals surface area (Å²) >= 11 is 23.8. The van der Waals surface area contributed by atoms with E-state index >= 15 is 0 Å². The van der Waals surface area contributed by atoms with Crippen molar-refractivity contribution >= 4 is 52.2 Å². The molecule has 0 spiro atoms. The Morgan fingerprint density at radius 1 is 0.947 bits per heavy atom. The van der Waals surface area contributed by atoms with Gasteiger partial charge in [-0.2, -0.15) is 0 Å². The molecule has 0 aliphatic carbocycles. The molecule has 0 aromatic heterocycles. The van der Waals surface area contributed by atoms with Crippen molar-refractivity contribution in [2.45, 2.75) is 6.42 Å². The maximum absolute atomic E-state index is 12.2. The van der Waals surface area contributed by atoms with Crippen LogP contribution in [0.3, 0.4) is 0 Å². The van der Waals surface area contributed by atoms with E-state index in [-0.39, 0.29) is 12.2 Å². The highest BCUT2D eigenvalue weighted by molar-refractivity contribution is 6.42. The topological polar surface area (TPSA) is 17.1 Å². The van der Waals surface area contributed by atoms with Gasteiger partial charge in [-0.15, -0.1) is 0 Å². The second-order valence-corrected chi connectivity index (χ2v) is 5.57. The summed E-state index contributed by atoms with van der Waals surface area (Å²) in [5.41, 5.74) is 1.04. The van der Waals surface area contributed by atoms with Gasteiger partial charge in [0.2, 0.25) is 0 Å². The van der Waals surface area contributed by atoms with E-state index in [4.69, 9.17) is 46.4 Å². The van der Waals surface area contributed by atoms with Crippen LogP contribution in [0.15, 0.2) is 36.4 Å². The minimum Gasteiger partial charge on any atom is -0.294 e. The highest BCUT2D eigenvalue weighted by atomic mass is 35.5. The summed E-state index contributed by atoms with van der Waals surface area (Å²) < 4.78 is 0. The lowest BCUT2D eigenvalue weighted by Gasteiger charge is -2.07. The first-order valence-corrected chi connectivity index (χ1v) is 6.91. The van der Waals surface area contributed by atoms with E-state index in [1.54, 1.807) is 36.4 Å². The fourth-order valence-corrected chi connectivity index (χ4v) is 2.45. The molecule has 0 radical (unpaired) electrons. The lowest BCUT2D eigenvalue weighted by atomic mass is 10.0. The molecule has 5 heteroatoms. The number of halogens is 4. The van der Waals surface area contributed by atoms with Gasteiger partial charge in [0.05, 0.1) is 15.1 Å². The number of hydrogen-bond acceptors (Lipinski definition) is 1. The molecule has 0 saturated carbocycles. The fourth-order valence-electron chi connectivity index (χ4n) is 1.66. The third kappa shape index (κ3) is 3.43. The molecule has 1 nitrogen and oxygen atoms in total. The maximum Gasteiger partial charge on any atom is 0.168 e. The first kappa shape index (κ1) is 14.7. The minimum atomic E-state index is -0.156. The number of hydrogen-bond donors (Lipinski definition) is 0. The van der Waals surface area contributed by atoms with Gasteiger partial charge in [0.1, 0.15) is 0 Å². The SMILES string of the molecule is O=C(Cc1cccc(Cl)c1Cl)c1cc(Cl)ccc1Cl. The van der Waals surface area contributed by atoms with E-state index in [1.807, 2.05) is 0 Å². The predicted octanol–water partition coefficient (Wildman–Crippen LogP) is 5.73. The Balaban J connectivity index is 2.31. The van der Waals surface area contributed by atoms with E-state index in [1.165, 1.54) is 0 Å². The molecule has 0 aliphatic rings. The van der Waals surface area contributed by atoms with Gasteiger partial charge in [0.25, 0.3) is 0 Å². The fraction of sp³-hybridized carbons (Fsp3) is 0.0714. The molecule has 19 heavy (non-hydrogen) atoms. The molecule has 0 saturated heterocycles. The molecule has 0 atom stereocenters. The van der Waals surface area contributed by atoms with Crippen molar-refractivity contribution in [3.05, 3.63) is 67.6 Å². The van der Waals surface area contributed by atoms with Crippen LogP contribution < -0.4 is 0 Å². The molecule has 2 aromatic carbocycles. The van der Waals surface area contributed by atoms with Gasteiger partial charge in [-0.3, -0.25) is 4.79 Å². The molecule has 0 bridgehead atoms. The van der Waals surface area contributed by atoms with Crippen molar-refractivity contribution in [3.8, 4) is 0 Å². The normalized spacial score (nSPS) is 10.5. The number of carbonyl (C=O) groups excluding carboxylic acids is 1. The van der Waals surface area contributed by atoms with Crippen molar-refractivity contribution in [1.29, 1.82) is 0 Å². The largest absolute Gasteiger partial charge is 0.294 e. The van der Waals surface area contributed by atoms with Crippen LogP contribution in [0.2, 0.25) is 20.1 Å². The van der Waals surface area contributed by atoms with Crippen LogP contribution in [0, 0.1) is 0 Å². The smallest absolute Gasteiger partial charge is 0.168 e. The van der Waals surface area contributed by atoms with Gasteiger partial charge in [0.15, 0.2) is 5.78 Å². The predicted molar refractivity (Wildman–Crippen MR) is 81.0 cm³/mol. The van der Waals surface area contributed by atoms with Crippen LogP contribution in [0.5, 0.6) is 0 Å². The Morgan fingerprint density at radius 2 is 1.68 bits per heavy atom. The monoisotopic (exact) mass is 332 g/mol. The van der Waals surface area contributed by atoms with Gasteiger partial charge in [-0.25, -0.2) is 0 Å². The Morgan fingerprint density at radius 3 is 2.42 bits per heavy atom. The van der Waals surface area contributed by atoms with E-state index in [0.29, 0.717) is 31.2 Å². The van der Waals surface area contributed by atoms with Crippen LogP contribution in [-0.4, -0.2) is 5.78 Å². The lowest BCUT2D eigenvalue weighted by Crippen LogP contribution is -2.05. The summed E-state index contributed by atoms with van der Waals surface area (Å²) in [5, 5.41) is 1.64. The maximum atomic E-state index is 12.2.